The van der Waals surface area contributed by atoms with E-state index in [1.807, 2.05) is 0 Å². The Bertz CT molecular complexity index is 192. The molecule has 0 bridgehead atoms. The fourth-order valence-electron chi connectivity index (χ4n) is 2.61. The summed E-state index contributed by atoms with van der Waals surface area (Å²) in [6, 6.07) is 0. The van der Waals surface area contributed by atoms with E-state index in [4.69, 9.17) is 1.37 Å². The molecule has 13 heavy (non-hydrogen) atoms. The van der Waals surface area contributed by atoms with Gasteiger partial charge in [0, 0.05) is 1.37 Å². The maximum absolute atomic E-state index is 8.67. The molecule has 0 aromatic rings. The zero-order valence-electron chi connectivity index (χ0n) is 11.0. The molecule has 1 aliphatic rings. The molecule has 1 rings (SSSR count). The quantitative estimate of drug-likeness (QED) is 0.555. The second-order valence-corrected chi connectivity index (χ2v) is 6.00. The Hall–Kier alpha value is 0. The van der Waals surface area contributed by atoms with Crippen LogP contribution < -0.4 is 0 Å². The van der Waals surface area contributed by atoms with Crippen LogP contribution in [0.25, 0.3) is 0 Å². The van der Waals surface area contributed by atoms with E-state index in [9.17, 15) is 0 Å². The zero-order valence-corrected chi connectivity index (χ0v) is 10.0. The molecule has 0 heterocycles. The third-order valence-corrected chi connectivity index (χ3v) is 3.99. The van der Waals surface area contributed by atoms with Gasteiger partial charge in [-0.25, -0.2) is 0 Å². The van der Waals surface area contributed by atoms with Crippen molar-refractivity contribution >= 4 is 0 Å². The molecule has 0 saturated heterocycles. The molecule has 0 amide bonds. The normalized spacial score (nSPS) is 29.2. The molecule has 1 saturated carbocycles. The van der Waals surface area contributed by atoms with E-state index < -0.39 is 0 Å². The molecule has 1 atom stereocenters. The molecule has 0 spiro atoms. The van der Waals surface area contributed by atoms with Crippen molar-refractivity contribution in [3.8, 4) is 0 Å². The molecule has 1 aliphatic carbocycles. The highest BCUT2D eigenvalue weighted by Crippen LogP contribution is 2.48. The Labute approximate surface area is 85.5 Å². The summed E-state index contributed by atoms with van der Waals surface area (Å²) in [7, 11) is 0. The summed E-state index contributed by atoms with van der Waals surface area (Å²) < 4.78 is 8.67. The third-order valence-electron chi connectivity index (χ3n) is 3.99. The first-order valence-electron chi connectivity index (χ1n) is 6.21. The van der Waals surface area contributed by atoms with E-state index in [2.05, 4.69) is 34.6 Å². The lowest BCUT2D eigenvalue weighted by Gasteiger charge is -2.45. The molecule has 0 aromatic carbocycles. The van der Waals surface area contributed by atoms with Crippen LogP contribution in [-0.4, -0.2) is 0 Å². The lowest BCUT2D eigenvalue weighted by Crippen LogP contribution is -2.36. The SMILES string of the molecule is [2H]C(C)(C(C)(C)C)C1(C)CCCCC1. The van der Waals surface area contributed by atoms with Crippen molar-refractivity contribution in [1.82, 2.24) is 0 Å². The Kier molecular flexibility index (Phi) is 2.67. The van der Waals surface area contributed by atoms with Crippen molar-refractivity contribution in [3.63, 3.8) is 0 Å². The van der Waals surface area contributed by atoms with Crippen LogP contribution in [0, 0.1) is 16.7 Å². The minimum Gasteiger partial charge on any atom is -0.0615 e. The Morgan fingerprint density at radius 1 is 1.15 bits per heavy atom. The average molecular weight is 183 g/mol. The van der Waals surface area contributed by atoms with Crippen LogP contribution in [0.5, 0.6) is 0 Å². The van der Waals surface area contributed by atoms with E-state index in [1.54, 1.807) is 0 Å². The molecule has 0 aromatic heterocycles. The topological polar surface area (TPSA) is 0 Å². The molecular weight excluding hydrogens is 156 g/mol. The largest absolute Gasteiger partial charge is 0.0615 e. The minimum absolute atomic E-state index is 0.0824. The van der Waals surface area contributed by atoms with Gasteiger partial charge in [0.2, 0.25) is 0 Å². The van der Waals surface area contributed by atoms with Gasteiger partial charge in [-0.15, -0.1) is 0 Å². The van der Waals surface area contributed by atoms with Crippen LogP contribution in [0.3, 0.4) is 0 Å². The van der Waals surface area contributed by atoms with Gasteiger partial charge in [-0.1, -0.05) is 53.9 Å². The summed E-state index contributed by atoms with van der Waals surface area (Å²) in [6.45, 7) is 11.1. The van der Waals surface area contributed by atoms with Crippen molar-refractivity contribution in [2.45, 2.75) is 66.7 Å². The number of rotatable bonds is 1. The fourth-order valence-corrected chi connectivity index (χ4v) is 2.61. The Balaban J connectivity index is 2.89. The second kappa shape index (κ2) is 3.63. The van der Waals surface area contributed by atoms with E-state index in [-0.39, 0.29) is 16.7 Å². The molecule has 1 unspecified atom stereocenters. The van der Waals surface area contributed by atoms with Crippen molar-refractivity contribution in [2.75, 3.05) is 0 Å². The summed E-state index contributed by atoms with van der Waals surface area (Å²) in [6.07, 6.45) is 6.49. The second-order valence-electron chi connectivity index (χ2n) is 6.00. The van der Waals surface area contributed by atoms with Crippen LogP contribution in [0.15, 0.2) is 0 Å². The summed E-state index contributed by atoms with van der Waals surface area (Å²) in [5, 5.41) is 0. The lowest BCUT2D eigenvalue weighted by molar-refractivity contribution is 0.0494. The van der Waals surface area contributed by atoms with Crippen molar-refractivity contribution in [1.29, 1.82) is 0 Å². The van der Waals surface area contributed by atoms with E-state index >= 15 is 0 Å². The molecule has 0 nitrogen and oxygen atoms in total. The van der Waals surface area contributed by atoms with Crippen LogP contribution in [0.4, 0.5) is 0 Å². The molecule has 78 valence electrons. The van der Waals surface area contributed by atoms with Gasteiger partial charge in [-0.2, -0.15) is 0 Å². The summed E-state index contributed by atoms with van der Waals surface area (Å²) in [5.41, 5.74) is 0.308. The van der Waals surface area contributed by atoms with Gasteiger partial charge in [-0.3, -0.25) is 0 Å². The highest BCUT2D eigenvalue weighted by molar-refractivity contribution is 4.88. The van der Waals surface area contributed by atoms with Crippen molar-refractivity contribution in [3.05, 3.63) is 0 Å². The third kappa shape index (κ3) is 2.48. The van der Waals surface area contributed by atoms with Crippen molar-refractivity contribution < 1.29 is 1.37 Å². The molecular formula is C13H26. The smallest absolute Gasteiger partial charge is 0.0311 e. The first-order chi connectivity index (χ1) is 6.21. The van der Waals surface area contributed by atoms with Crippen LogP contribution in [0.1, 0.15) is 68.1 Å². The van der Waals surface area contributed by atoms with E-state index in [0.29, 0.717) is 0 Å². The zero-order chi connectivity index (χ0) is 11.0. The van der Waals surface area contributed by atoms with Gasteiger partial charge >= 0.3 is 0 Å². The van der Waals surface area contributed by atoms with Gasteiger partial charge in [0.15, 0.2) is 0 Å². The van der Waals surface area contributed by atoms with E-state index in [0.717, 1.165) is 0 Å². The fraction of sp³-hybridized carbons (Fsp3) is 1.00. The van der Waals surface area contributed by atoms with Crippen LogP contribution in [-0.2, 0) is 0 Å². The summed E-state index contributed by atoms with van der Waals surface area (Å²) in [5.74, 6) is -0.305. The standard InChI is InChI=1S/C13H26/c1-11(12(2,3)4)13(5)9-7-6-8-10-13/h11H,6-10H2,1-5H3/i11D. The van der Waals surface area contributed by atoms with Gasteiger partial charge in [0.25, 0.3) is 0 Å². The highest BCUT2D eigenvalue weighted by atomic mass is 14.4. The first kappa shape index (κ1) is 9.55. The number of hydrogen-bond acceptors (Lipinski definition) is 0. The van der Waals surface area contributed by atoms with Gasteiger partial charge in [0.1, 0.15) is 0 Å². The molecule has 0 heteroatoms. The molecule has 0 radical (unpaired) electrons. The van der Waals surface area contributed by atoms with Crippen molar-refractivity contribution in [2.24, 2.45) is 16.7 Å². The first-order valence-corrected chi connectivity index (χ1v) is 5.71. The molecule has 0 aliphatic heterocycles. The lowest BCUT2D eigenvalue weighted by atomic mass is 9.60. The van der Waals surface area contributed by atoms with Crippen LogP contribution in [0.2, 0.25) is 0 Å². The summed E-state index contributed by atoms with van der Waals surface area (Å²) in [4.78, 5) is 0. The van der Waals surface area contributed by atoms with Gasteiger partial charge < -0.3 is 0 Å². The van der Waals surface area contributed by atoms with E-state index in [1.165, 1.54) is 32.1 Å². The molecule has 0 N–H and O–H groups in total. The number of hydrogen-bond donors (Lipinski definition) is 0. The van der Waals surface area contributed by atoms with Gasteiger partial charge in [-0.05, 0) is 29.6 Å². The predicted octanol–water partition coefficient (Wildman–Crippen LogP) is 4.64. The summed E-state index contributed by atoms with van der Waals surface area (Å²) >= 11 is 0. The minimum atomic E-state index is -0.305. The monoisotopic (exact) mass is 183 g/mol. The Morgan fingerprint density at radius 3 is 2.00 bits per heavy atom. The predicted molar refractivity (Wildman–Crippen MR) is 59.8 cm³/mol. The van der Waals surface area contributed by atoms with Gasteiger partial charge in [0.05, 0.1) is 0 Å². The Morgan fingerprint density at radius 2 is 1.62 bits per heavy atom. The average Bonchev–Trinajstić information content (AvgIpc) is 2.03. The van der Waals surface area contributed by atoms with Crippen LogP contribution >= 0.6 is 0 Å². The molecule has 1 fully saturated rings. The maximum atomic E-state index is 8.67. The maximum Gasteiger partial charge on any atom is 0.0311 e. The highest BCUT2D eigenvalue weighted by Gasteiger charge is 2.38.